The van der Waals surface area contributed by atoms with E-state index in [2.05, 4.69) is 24.6 Å². The lowest BCUT2D eigenvalue weighted by atomic mass is 10.3. The van der Waals surface area contributed by atoms with Crippen LogP contribution in [-0.4, -0.2) is 31.2 Å². The van der Waals surface area contributed by atoms with Crippen molar-refractivity contribution in [2.75, 3.05) is 5.75 Å². The molecular weight excluding hydrogens is 264 g/mol. The molecule has 0 N–H and O–H groups in total. The minimum Gasteiger partial charge on any atom is -0.236 e. The van der Waals surface area contributed by atoms with Crippen LogP contribution in [0, 0.1) is 0 Å². The Balaban J connectivity index is 2.36. The Kier molecular flexibility index (Phi) is 3.33. The Labute approximate surface area is 109 Å². The van der Waals surface area contributed by atoms with Gasteiger partial charge in [0.25, 0.3) is 0 Å². The molecule has 0 unspecified atom stereocenters. The molecule has 2 aromatic rings. The van der Waals surface area contributed by atoms with Crippen LogP contribution in [-0.2, 0) is 10.0 Å². The van der Waals surface area contributed by atoms with E-state index in [-0.39, 0.29) is 5.75 Å². The van der Waals surface area contributed by atoms with Crippen LogP contribution in [0.2, 0.25) is 25.7 Å². The lowest BCUT2D eigenvalue weighted by Crippen LogP contribution is -2.26. The summed E-state index contributed by atoms with van der Waals surface area (Å²) in [6, 6.07) is 8.05. The van der Waals surface area contributed by atoms with Crippen LogP contribution in [0.4, 0.5) is 0 Å². The number of fused-ring (bicyclic) bond motifs is 1. The van der Waals surface area contributed by atoms with E-state index in [1.807, 2.05) is 18.2 Å². The number of imidazole rings is 1. The van der Waals surface area contributed by atoms with Crippen molar-refractivity contribution in [3.63, 3.8) is 0 Å². The highest BCUT2D eigenvalue weighted by molar-refractivity contribution is 7.90. The van der Waals surface area contributed by atoms with Gasteiger partial charge in [-0.2, -0.15) is 0 Å². The summed E-state index contributed by atoms with van der Waals surface area (Å²) < 4.78 is 25.9. The first kappa shape index (κ1) is 13.3. The van der Waals surface area contributed by atoms with Gasteiger partial charge >= 0.3 is 0 Å². The molecule has 0 amide bonds. The van der Waals surface area contributed by atoms with E-state index in [0.29, 0.717) is 11.0 Å². The van der Waals surface area contributed by atoms with Crippen LogP contribution in [0.3, 0.4) is 0 Å². The number of aromatic nitrogens is 2. The third kappa shape index (κ3) is 2.81. The van der Waals surface area contributed by atoms with Gasteiger partial charge in [0.2, 0.25) is 10.0 Å². The minimum atomic E-state index is -3.29. The van der Waals surface area contributed by atoms with Crippen LogP contribution >= 0.6 is 0 Å². The summed E-state index contributed by atoms with van der Waals surface area (Å²) in [6.07, 6.45) is 1.41. The maximum atomic E-state index is 12.3. The van der Waals surface area contributed by atoms with Crippen molar-refractivity contribution in [1.82, 2.24) is 8.96 Å². The molecule has 1 aromatic heterocycles. The molecule has 98 valence electrons. The van der Waals surface area contributed by atoms with Gasteiger partial charge in [-0.05, 0) is 18.2 Å². The van der Waals surface area contributed by atoms with Crippen molar-refractivity contribution in [1.29, 1.82) is 0 Å². The van der Waals surface area contributed by atoms with E-state index >= 15 is 0 Å². The van der Waals surface area contributed by atoms with Gasteiger partial charge in [-0.25, -0.2) is 17.4 Å². The van der Waals surface area contributed by atoms with Crippen molar-refractivity contribution in [2.45, 2.75) is 25.7 Å². The maximum Gasteiger partial charge on any atom is 0.240 e. The predicted octanol–water partition coefficient (Wildman–Crippen LogP) is 2.55. The average molecular weight is 282 g/mol. The van der Waals surface area contributed by atoms with E-state index in [9.17, 15) is 8.42 Å². The fourth-order valence-corrected chi connectivity index (χ4v) is 6.01. The molecule has 0 aliphatic rings. The summed E-state index contributed by atoms with van der Waals surface area (Å²) in [5, 5.41) is 0. The largest absolute Gasteiger partial charge is 0.240 e. The van der Waals surface area contributed by atoms with Crippen molar-refractivity contribution >= 4 is 29.1 Å². The summed E-state index contributed by atoms with van der Waals surface area (Å²) in [6.45, 7) is 6.53. The van der Waals surface area contributed by atoms with Crippen LogP contribution in [0.1, 0.15) is 0 Å². The van der Waals surface area contributed by atoms with E-state index in [4.69, 9.17) is 0 Å². The van der Waals surface area contributed by atoms with Crippen LogP contribution < -0.4 is 0 Å². The number of para-hydroxylation sites is 2. The second-order valence-corrected chi connectivity index (χ2v) is 13.2. The van der Waals surface area contributed by atoms with Crippen LogP contribution in [0.25, 0.3) is 11.0 Å². The highest BCUT2D eigenvalue weighted by Gasteiger charge is 2.21. The Morgan fingerprint density at radius 1 is 1.22 bits per heavy atom. The Morgan fingerprint density at radius 3 is 2.56 bits per heavy atom. The molecule has 6 heteroatoms. The quantitative estimate of drug-likeness (QED) is 0.810. The lowest BCUT2D eigenvalue weighted by Gasteiger charge is -2.15. The molecule has 0 aliphatic heterocycles. The van der Waals surface area contributed by atoms with Gasteiger partial charge in [-0.3, -0.25) is 0 Å². The first-order valence-corrected chi connectivity index (χ1v) is 11.3. The molecular formula is C12H18N2O2SSi. The van der Waals surface area contributed by atoms with Crippen molar-refractivity contribution < 1.29 is 8.42 Å². The summed E-state index contributed by atoms with van der Waals surface area (Å²) in [7, 11) is -4.65. The summed E-state index contributed by atoms with van der Waals surface area (Å²) in [5.74, 6) is 0.197. The van der Waals surface area contributed by atoms with Gasteiger partial charge in [0.05, 0.1) is 16.8 Å². The third-order valence-corrected chi connectivity index (χ3v) is 6.55. The topological polar surface area (TPSA) is 52.0 Å². The fraction of sp³-hybridized carbons (Fsp3) is 0.417. The van der Waals surface area contributed by atoms with Gasteiger partial charge in [0, 0.05) is 8.07 Å². The Morgan fingerprint density at radius 2 is 1.89 bits per heavy atom. The second-order valence-electron chi connectivity index (χ2n) is 5.66. The molecule has 0 radical (unpaired) electrons. The molecule has 0 fully saturated rings. The molecule has 0 saturated carbocycles. The van der Waals surface area contributed by atoms with E-state index in [1.165, 1.54) is 10.3 Å². The number of rotatable bonds is 4. The molecule has 2 rings (SSSR count). The Bertz CT molecular complexity index is 656. The fourth-order valence-electron chi connectivity index (χ4n) is 1.69. The zero-order chi connectivity index (χ0) is 13.4. The minimum absolute atomic E-state index is 0.197. The molecule has 0 bridgehead atoms. The molecule has 0 atom stereocenters. The lowest BCUT2D eigenvalue weighted by molar-refractivity contribution is 0.589. The van der Waals surface area contributed by atoms with Crippen LogP contribution in [0.15, 0.2) is 30.6 Å². The van der Waals surface area contributed by atoms with Crippen LogP contribution in [0.5, 0.6) is 0 Å². The molecule has 4 nitrogen and oxygen atoms in total. The van der Waals surface area contributed by atoms with Crippen molar-refractivity contribution in [2.24, 2.45) is 0 Å². The van der Waals surface area contributed by atoms with Gasteiger partial charge in [0.1, 0.15) is 6.33 Å². The van der Waals surface area contributed by atoms with E-state index < -0.39 is 18.1 Å². The molecule has 0 aliphatic carbocycles. The normalized spacial score (nSPS) is 13.1. The molecule has 18 heavy (non-hydrogen) atoms. The standard InChI is InChI=1S/C12H18N2O2SSi/c1-18(2,3)9-8-17(15,16)14-10-13-11-6-4-5-7-12(11)14/h4-7,10H,8-9H2,1-3H3. The molecule has 1 aromatic carbocycles. The predicted molar refractivity (Wildman–Crippen MR) is 77.1 cm³/mol. The zero-order valence-corrected chi connectivity index (χ0v) is 12.7. The number of hydrogen-bond donors (Lipinski definition) is 0. The van der Waals surface area contributed by atoms with Gasteiger partial charge < -0.3 is 0 Å². The monoisotopic (exact) mass is 282 g/mol. The summed E-state index contributed by atoms with van der Waals surface area (Å²) >= 11 is 0. The third-order valence-electron chi connectivity index (χ3n) is 2.83. The van der Waals surface area contributed by atoms with E-state index in [0.717, 1.165) is 6.04 Å². The molecule has 1 heterocycles. The summed E-state index contributed by atoms with van der Waals surface area (Å²) in [4.78, 5) is 4.12. The SMILES string of the molecule is C[Si](C)(C)CCS(=O)(=O)n1cnc2ccccc21. The Hall–Kier alpha value is -1.14. The number of hydrogen-bond acceptors (Lipinski definition) is 3. The van der Waals surface area contributed by atoms with Gasteiger partial charge in [-0.15, -0.1) is 0 Å². The van der Waals surface area contributed by atoms with Gasteiger partial charge in [0.15, 0.2) is 0 Å². The van der Waals surface area contributed by atoms with E-state index in [1.54, 1.807) is 6.07 Å². The zero-order valence-electron chi connectivity index (χ0n) is 10.9. The smallest absolute Gasteiger partial charge is 0.236 e. The first-order chi connectivity index (χ1) is 8.30. The number of benzene rings is 1. The first-order valence-electron chi connectivity index (χ1n) is 5.95. The highest BCUT2D eigenvalue weighted by Crippen LogP contribution is 2.17. The van der Waals surface area contributed by atoms with Crippen molar-refractivity contribution in [3.05, 3.63) is 30.6 Å². The molecule has 0 spiro atoms. The summed E-state index contributed by atoms with van der Waals surface area (Å²) in [5.41, 5.74) is 1.38. The van der Waals surface area contributed by atoms with Crippen molar-refractivity contribution in [3.8, 4) is 0 Å². The molecule has 0 saturated heterocycles. The highest BCUT2D eigenvalue weighted by atomic mass is 32.2. The number of nitrogens with zero attached hydrogens (tertiary/aromatic N) is 2. The second kappa shape index (κ2) is 4.51. The van der Waals surface area contributed by atoms with Gasteiger partial charge in [-0.1, -0.05) is 31.8 Å². The maximum absolute atomic E-state index is 12.3. The average Bonchev–Trinajstić information content (AvgIpc) is 2.70.